The minimum atomic E-state index is -1.35. The molecule has 2 amide bonds. The summed E-state index contributed by atoms with van der Waals surface area (Å²) >= 11 is 0. The molecule has 37 heavy (non-hydrogen) atoms. The third-order valence-corrected chi connectivity index (χ3v) is 6.99. The van der Waals surface area contributed by atoms with Crippen molar-refractivity contribution in [1.82, 2.24) is 10.6 Å². The highest BCUT2D eigenvalue weighted by Crippen LogP contribution is 2.34. The molecule has 0 aliphatic heterocycles. The van der Waals surface area contributed by atoms with Crippen molar-refractivity contribution in [1.29, 1.82) is 0 Å². The summed E-state index contributed by atoms with van der Waals surface area (Å²) in [6.45, 7) is 0.101. The monoisotopic (exact) mass is 508 g/mol. The molecule has 0 spiro atoms. The van der Waals surface area contributed by atoms with Crippen LogP contribution in [0.1, 0.15) is 62.5 Å². The summed E-state index contributed by atoms with van der Waals surface area (Å²) in [7, 11) is 0. The Balaban J connectivity index is 1.36. The number of esters is 2. The first-order valence-electron chi connectivity index (χ1n) is 12.7. The maximum absolute atomic E-state index is 13.2. The van der Waals surface area contributed by atoms with Gasteiger partial charge in [0.05, 0.1) is 0 Å². The zero-order valence-electron chi connectivity index (χ0n) is 20.7. The third-order valence-electron chi connectivity index (χ3n) is 6.99. The number of rotatable bonds is 8. The number of alkyl carbamates (subject to hydrolysis) is 2. The highest BCUT2D eigenvalue weighted by Gasteiger charge is 2.50. The van der Waals surface area contributed by atoms with Gasteiger partial charge in [-0.05, 0) is 36.8 Å². The van der Waals surface area contributed by atoms with E-state index >= 15 is 0 Å². The minimum Gasteiger partial charge on any atom is -0.445 e. The molecule has 0 atom stereocenters. The number of carbonyl (C=O) groups excluding carboxylic acids is 4. The number of nitrogens with one attached hydrogen (secondary N) is 2. The number of ether oxygens (including phenoxy) is 3. The van der Waals surface area contributed by atoms with Crippen molar-refractivity contribution in [2.24, 2.45) is 0 Å². The van der Waals surface area contributed by atoms with Crippen LogP contribution in [0.25, 0.3) is 0 Å². The van der Waals surface area contributed by atoms with Crippen molar-refractivity contribution in [3.8, 4) is 0 Å². The summed E-state index contributed by atoms with van der Waals surface area (Å²) in [5.74, 6) is -1.67. The Kier molecular flexibility index (Phi) is 8.43. The van der Waals surface area contributed by atoms with Gasteiger partial charge in [0.15, 0.2) is 0 Å². The molecule has 2 aromatic rings. The second kappa shape index (κ2) is 11.9. The molecule has 0 saturated heterocycles. The molecule has 4 rings (SSSR count). The molecule has 0 aromatic heterocycles. The van der Waals surface area contributed by atoms with Crippen molar-refractivity contribution >= 4 is 24.1 Å². The molecule has 0 bridgehead atoms. The summed E-state index contributed by atoms with van der Waals surface area (Å²) in [6, 6.07) is 18.4. The number of hydrogen-bond acceptors (Lipinski definition) is 7. The van der Waals surface area contributed by atoms with E-state index in [9.17, 15) is 19.2 Å². The fourth-order valence-corrected chi connectivity index (χ4v) is 4.91. The molecular weight excluding hydrogens is 476 g/mol. The average Bonchev–Trinajstić information content (AvgIpc) is 3.59. The molecule has 196 valence electrons. The maximum Gasteiger partial charge on any atom is 0.408 e. The molecule has 0 heterocycles. The first kappa shape index (κ1) is 26.2. The van der Waals surface area contributed by atoms with E-state index in [2.05, 4.69) is 10.6 Å². The van der Waals surface area contributed by atoms with Gasteiger partial charge in [0.1, 0.15) is 24.3 Å². The first-order chi connectivity index (χ1) is 17.9. The van der Waals surface area contributed by atoms with Crippen LogP contribution < -0.4 is 10.6 Å². The van der Waals surface area contributed by atoms with Crippen molar-refractivity contribution in [2.75, 3.05) is 0 Å². The second-order valence-electron chi connectivity index (χ2n) is 9.63. The summed E-state index contributed by atoms with van der Waals surface area (Å²) in [5.41, 5.74) is -1.08. The Morgan fingerprint density at radius 1 is 0.595 bits per heavy atom. The zero-order chi connectivity index (χ0) is 26.1. The molecule has 9 nitrogen and oxygen atoms in total. The fourth-order valence-electron chi connectivity index (χ4n) is 4.91. The Morgan fingerprint density at radius 2 is 0.946 bits per heavy atom. The number of carbonyl (C=O) groups is 4. The smallest absolute Gasteiger partial charge is 0.408 e. The van der Waals surface area contributed by atoms with Gasteiger partial charge in [0.2, 0.25) is 0 Å². The van der Waals surface area contributed by atoms with Gasteiger partial charge in [0.25, 0.3) is 0 Å². The largest absolute Gasteiger partial charge is 0.445 e. The van der Waals surface area contributed by atoms with E-state index in [1.165, 1.54) is 0 Å². The van der Waals surface area contributed by atoms with Crippen LogP contribution in [0.3, 0.4) is 0 Å². The minimum absolute atomic E-state index is 0.0505. The van der Waals surface area contributed by atoms with E-state index < -0.39 is 35.2 Å². The van der Waals surface area contributed by atoms with Crippen LogP contribution in [-0.2, 0) is 37.0 Å². The van der Waals surface area contributed by atoms with E-state index in [-0.39, 0.29) is 13.2 Å². The SMILES string of the molecule is O=C(NC1(C(=O)OC(=O)C2(NC(=O)OCc3ccccc3)CCCC2)CCCC1)OCc1ccccc1. The zero-order valence-corrected chi connectivity index (χ0v) is 20.7. The van der Waals surface area contributed by atoms with Crippen LogP contribution in [0.4, 0.5) is 9.59 Å². The molecule has 2 fully saturated rings. The number of benzene rings is 2. The fraction of sp³-hybridized carbons (Fsp3) is 0.429. The molecule has 2 N–H and O–H groups in total. The predicted octanol–water partition coefficient (Wildman–Crippen LogP) is 4.53. The lowest BCUT2D eigenvalue weighted by Crippen LogP contribution is -2.58. The summed E-state index contributed by atoms with van der Waals surface area (Å²) in [4.78, 5) is 51.5. The Hall–Kier alpha value is -3.88. The van der Waals surface area contributed by atoms with Gasteiger partial charge in [0, 0.05) is 0 Å². The van der Waals surface area contributed by atoms with Crippen LogP contribution in [0, 0.1) is 0 Å². The predicted molar refractivity (Wildman–Crippen MR) is 133 cm³/mol. The van der Waals surface area contributed by atoms with Crippen LogP contribution in [0.2, 0.25) is 0 Å². The van der Waals surface area contributed by atoms with Gasteiger partial charge in [-0.3, -0.25) is 0 Å². The lowest BCUT2D eigenvalue weighted by atomic mass is 9.96. The van der Waals surface area contributed by atoms with Gasteiger partial charge in [-0.2, -0.15) is 0 Å². The average molecular weight is 509 g/mol. The number of hydrogen-bond donors (Lipinski definition) is 2. The lowest BCUT2D eigenvalue weighted by molar-refractivity contribution is -0.169. The van der Waals surface area contributed by atoms with Gasteiger partial charge < -0.3 is 24.8 Å². The van der Waals surface area contributed by atoms with Gasteiger partial charge in [-0.15, -0.1) is 0 Å². The van der Waals surface area contributed by atoms with Crippen molar-refractivity contribution < 1.29 is 33.4 Å². The highest BCUT2D eigenvalue weighted by molar-refractivity contribution is 5.98. The lowest BCUT2D eigenvalue weighted by Gasteiger charge is -2.31. The molecule has 2 aromatic carbocycles. The molecule has 0 unspecified atom stereocenters. The molecular formula is C28H32N2O7. The van der Waals surface area contributed by atoms with Gasteiger partial charge >= 0.3 is 24.1 Å². The second-order valence-corrected chi connectivity index (χ2v) is 9.63. The summed E-state index contributed by atoms with van der Waals surface area (Å²) in [6.07, 6.45) is 2.59. The van der Waals surface area contributed by atoms with Crippen LogP contribution >= 0.6 is 0 Å². The maximum atomic E-state index is 13.2. The van der Waals surface area contributed by atoms with Gasteiger partial charge in [-0.1, -0.05) is 86.3 Å². The number of amides is 2. The van der Waals surface area contributed by atoms with E-state index in [4.69, 9.17) is 14.2 Å². The van der Waals surface area contributed by atoms with Crippen molar-refractivity contribution in [3.05, 3.63) is 71.8 Å². The third kappa shape index (κ3) is 6.67. The molecule has 2 saturated carbocycles. The van der Waals surface area contributed by atoms with E-state index in [0.717, 1.165) is 11.1 Å². The molecule has 9 heteroatoms. The summed E-state index contributed by atoms with van der Waals surface area (Å²) < 4.78 is 15.9. The highest BCUT2D eigenvalue weighted by atomic mass is 16.6. The van der Waals surface area contributed by atoms with Crippen molar-refractivity contribution in [3.63, 3.8) is 0 Å². The quantitative estimate of drug-likeness (QED) is 0.305. The Labute approximate surface area is 215 Å². The van der Waals surface area contributed by atoms with E-state index in [0.29, 0.717) is 51.4 Å². The summed E-state index contributed by atoms with van der Waals surface area (Å²) in [5, 5.41) is 5.30. The van der Waals surface area contributed by atoms with E-state index in [1.54, 1.807) is 0 Å². The van der Waals surface area contributed by atoms with Crippen LogP contribution in [0.5, 0.6) is 0 Å². The van der Waals surface area contributed by atoms with Crippen molar-refractivity contribution in [2.45, 2.75) is 75.7 Å². The first-order valence-corrected chi connectivity index (χ1v) is 12.7. The topological polar surface area (TPSA) is 120 Å². The van der Waals surface area contributed by atoms with Crippen LogP contribution in [-0.4, -0.2) is 35.2 Å². The Bertz CT molecular complexity index is 1000. The molecule has 2 aliphatic rings. The Morgan fingerprint density at radius 3 is 1.30 bits per heavy atom. The molecule has 0 radical (unpaired) electrons. The van der Waals surface area contributed by atoms with E-state index in [1.807, 2.05) is 60.7 Å². The normalized spacial score (nSPS) is 17.4. The molecule has 2 aliphatic carbocycles. The van der Waals surface area contributed by atoms with Crippen LogP contribution in [0.15, 0.2) is 60.7 Å². The van der Waals surface area contributed by atoms with Gasteiger partial charge in [-0.25, -0.2) is 19.2 Å². The standard InChI is InChI=1S/C28H32N2O7/c31-23(27(15-7-8-16-27)29-25(33)35-19-21-11-3-1-4-12-21)37-24(32)28(17-9-10-18-28)30-26(34)36-20-22-13-5-2-6-14-22/h1-6,11-14H,7-10,15-20H2,(H,29,33)(H,30,34).